The molecule has 1 unspecified atom stereocenters. The Balaban J connectivity index is 1.79. The maximum atomic E-state index is 5.65. The van der Waals surface area contributed by atoms with Crippen LogP contribution in [0.1, 0.15) is 37.3 Å². The molecule has 0 amide bonds. The molecule has 0 bridgehead atoms. The van der Waals surface area contributed by atoms with Crippen molar-refractivity contribution in [2.24, 2.45) is 0 Å². The van der Waals surface area contributed by atoms with E-state index in [-0.39, 0.29) is 0 Å². The molecule has 1 aliphatic carbocycles. The van der Waals surface area contributed by atoms with Crippen LogP contribution in [0.3, 0.4) is 0 Å². The summed E-state index contributed by atoms with van der Waals surface area (Å²) in [6, 6.07) is 9.67. The molecule has 1 saturated carbocycles. The molecule has 0 aromatic heterocycles. The van der Waals surface area contributed by atoms with Crippen LogP contribution in [0.15, 0.2) is 24.3 Å². The number of fused-ring (bicyclic) bond motifs is 1. The summed E-state index contributed by atoms with van der Waals surface area (Å²) in [6.45, 7) is 0.849. The highest BCUT2D eigenvalue weighted by Crippen LogP contribution is 2.33. The van der Waals surface area contributed by atoms with Crippen LogP contribution in [0.25, 0.3) is 0 Å². The number of benzene rings is 1. The van der Waals surface area contributed by atoms with E-state index in [4.69, 9.17) is 4.74 Å². The Labute approximate surface area is 90.6 Å². The summed E-state index contributed by atoms with van der Waals surface area (Å²) in [5.41, 5.74) is 1.34. The zero-order chi connectivity index (χ0) is 10.1. The second-order valence-corrected chi connectivity index (χ2v) is 4.52. The SMILES string of the molecule is c1ccc2c(c1)OCCC2NC1CCC1. The van der Waals surface area contributed by atoms with Crippen LogP contribution < -0.4 is 10.1 Å². The fraction of sp³-hybridized carbons (Fsp3) is 0.538. The highest BCUT2D eigenvalue weighted by Gasteiger charge is 2.25. The summed E-state index contributed by atoms with van der Waals surface area (Å²) in [5.74, 6) is 1.07. The quantitative estimate of drug-likeness (QED) is 0.798. The molecule has 1 fully saturated rings. The molecule has 0 saturated heterocycles. The molecular weight excluding hydrogens is 186 g/mol. The van der Waals surface area contributed by atoms with Crippen LogP contribution in [-0.2, 0) is 0 Å². The van der Waals surface area contributed by atoms with Crippen molar-refractivity contribution in [3.63, 3.8) is 0 Å². The third-order valence-corrected chi connectivity index (χ3v) is 3.50. The first-order valence-corrected chi connectivity index (χ1v) is 5.91. The van der Waals surface area contributed by atoms with E-state index < -0.39 is 0 Å². The highest BCUT2D eigenvalue weighted by molar-refractivity contribution is 5.37. The Bertz CT molecular complexity index is 346. The lowest BCUT2D eigenvalue weighted by atomic mass is 9.90. The lowest BCUT2D eigenvalue weighted by Gasteiger charge is -2.34. The minimum atomic E-state index is 0.514. The monoisotopic (exact) mass is 203 g/mol. The van der Waals surface area contributed by atoms with E-state index in [0.29, 0.717) is 6.04 Å². The normalized spacial score (nSPS) is 25.2. The van der Waals surface area contributed by atoms with Crippen LogP contribution >= 0.6 is 0 Å². The maximum Gasteiger partial charge on any atom is 0.124 e. The predicted octanol–water partition coefficient (Wildman–Crippen LogP) is 2.65. The molecule has 2 aliphatic rings. The third kappa shape index (κ3) is 1.74. The lowest BCUT2D eigenvalue weighted by Crippen LogP contribution is -2.39. The van der Waals surface area contributed by atoms with Crippen molar-refractivity contribution in [3.8, 4) is 5.75 Å². The van der Waals surface area contributed by atoms with E-state index in [2.05, 4.69) is 23.5 Å². The maximum absolute atomic E-state index is 5.65. The summed E-state index contributed by atoms with van der Waals surface area (Å²) in [4.78, 5) is 0. The summed E-state index contributed by atoms with van der Waals surface area (Å²) >= 11 is 0. The van der Waals surface area contributed by atoms with E-state index >= 15 is 0 Å². The fourth-order valence-electron chi connectivity index (χ4n) is 2.37. The molecule has 1 aliphatic heterocycles. The summed E-state index contributed by atoms with van der Waals surface area (Å²) in [7, 11) is 0. The Hall–Kier alpha value is -1.02. The average molecular weight is 203 g/mol. The molecule has 1 atom stereocenters. The first-order chi connectivity index (χ1) is 7.43. The Kier molecular flexibility index (Phi) is 2.37. The van der Waals surface area contributed by atoms with E-state index in [1.54, 1.807) is 0 Å². The molecule has 1 N–H and O–H groups in total. The van der Waals surface area contributed by atoms with Gasteiger partial charge in [-0.2, -0.15) is 0 Å². The first-order valence-electron chi connectivity index (χ1n) is 5.91. The van der Waals surface area contributed by atoms with Gasteiger partial charge in [-0.1, -0.05) is 24.6 Å². The third-order valence-electron chi connectivity index (χ3n) is 3.50. The van der Waals surface area contributed by atoms with Crippen LogP contribution in [0.4, 0.5) is 0 Å². The van der Waals surface area contributed by atoms with Crippen molar-refractivity contribution in [3.05, 3.63) is 29.8 Å². The van der Waals surface area contributed by atoms with Gasteiger partial charge in [0, 0.05) is 24.1 Å². The van der Waals surface area contributed by atoms with Gasteiger partial charge in [-0.15, -0.1) is 0 Å². The molecule has 1 heterocycles. The van der Waals surface area contributed by atoms with Gasteiger partial charge in [0.1, 0.15) is 5.75 Å². The number of hydrogen-bond acceptors (Lipinski definition) is 2. The van der Waals surface area contributed by atoms with Crippen LogP contribution in [0.5, 0.6) is 5.75 Å². The minimum absolute atomic E-state index is 0.514. The van der Waals surface area contributed by atoms with Crippen LogP contribution in [0, 0.1) is 0 Å². The van der Waals surface area contributed by atoms with Gasteiger partial charge >= 0.3 is 0 Å². The van der Waals surface area contributed by atoms with Crippen molar-refractivity contribution in [1.29, 1.82) is 0 Å². The topological polar surface area (TPSA) is 21.3 Å². The van der Waals surface area contributed by atoms with Gasteiger partial charge in [0.2, 0.25) is 0 Å². The van der Waals surface area contributed by atoms with Crippen molar-refractivity contribution < 1.29 is 4.74 Å². The van der Waals surface area contributed by atoms with Gasteiger partial charge in [-0.25, -0.2) is 0 Å². The summed E-state index contributed by atoms with van der Waals surface area (Å²) in [6.07, 6.45) is 5.19. The van der Waals surface area contributed by atoms with Crippen LogP contribution in [-0.4, -0.2) is 12.6 Å². The number of hydrogen-bond donors (Lipinski definition) is 1. The molecule has 1 aromatic rings. The molecule has 0 radical (unpaired) electrons. The van der Waals surface area contributed by atoms with Crippen molar-refractivity contribution >= 4 is 0 Å². The van der Waals surface area contributed by atoms with Crippen molar-refractivity contribution in [2.45, 2.75) is 37.8 Å². The number of nitrogens with one attached hydrogen (secondary N) is 1. The Morgan fingerprint density at radius 3 is 2.80 bits per heavy atom. The van der Waals surface area contributed by atoms with Gasteiger partial charge in [-0.05, 0) is 18.9 Å². The Morgan fingerprint density at radius 2 is 2.00 bits per heavy atom. The number of ether oxygens (including phenoxy) is 1. The van der Waals surface area contributed by atoms with Gasteiger partial charge in [0.05, 0.1) is 6.61 Å². The van der Waals surface area contributed by atoms with Gasteiger partial charge < -0.3 is 10.1 Å². The smallest absolute Gasteiger partial charge is 0.124 e. The molecule has 1 aromatic carbocycles. The molecule has 80 valence electrons. The standard InChI is InChI=1S/C13H17NO/c1-2-7-13-11(6-1)12(8-9-15-13)14-10-4-3-5-10/h1-2,6-7,10,12,14H,3-5,8-9H2. The van der Waals surface area contributed by atoms with Gasteiger partial charge in [0.25, 0.3) is 0 Å². The Morgan fingerprint density at radius 1 is 1.13 bits per heavy atom. The zero-order valence-electron chi connectivity index (χ0n) is 8.91. The van der Waals surface area contributed by atoms with Gasteiger partial charge in [0.15, 0.2) is 0 Å². The largest absolute Gasteiger partial charge is 0.493 e. The number of para-hydroxylation sites is 1. The van der Waals surface area contributed by atoms with Crippen molar-refractivity contribution in [1.82, 2.24) is 5.32 Å². The minimum Gasteiger partial charge on any atom is -0.493 e. The second-order valence-electron chi connectivity index (χ2n) is 4.52. The fourth-order valence-corrected chi connectivity index (χ4v) is 2.37. The molecule has 15 heavy (non-hydrogen) atoms. The van der Waals surface area contributed by atoms with Gasteiger partial charge in [-0.3, -0.25) is 0 Å². The predicted molar refractivity (Wildman–Crippen MR) is 60.1 cm³/mol. The average Bonchev–Trinajstić information content (AvgIpc) is 2.23. The summed E-state index contributed by atoms with van der Waals surface area (Å²) in [5, 5.41) is 3.73. The molecular formula is C13H17NO. The number of rotatable bonds is 2. The van der Waals surface area contributed by atoms with E-state index in [1.165, 1.54) is 24.8 Å². The molecule has 0 spiro atoms. The molecule has 2 nitrogen and oxygen atoms in total. The zero-order valence-corrected chi connectivity index (χ0v) is 8.91. The molecule has 3 rings (SSSR count). The van der Waals surface area contributed by atoms with E-state index in [9.17, 15) is 0 Å². The van der Waals surface area contributed by atoms with Crippen LogP contribution in [0.2, 0.25) is 0 Å². The van der Waals surface area contributed by atoms with E-state index in [1.807, 2.05) is 6.07 Å². The highest BCUT2D eigenvalue weighted by atomic mass is 16.5. The molecule has 2 heteroatoms. The second kappa shape index (κ2) is 3.86. The first kappa shape index (κ1) is 9.22. The van der Waals surface area contributed by atoms with E-state index in [0.717, 1.165) is 24.8 Å². The van der Waals surface area contributed by atoms with Crippen molar-refractivity contribution in [2.75, 3.05) is 6.61 Å². The lowest BCUT2D eigenvalue weighted by molar-refractivity contribution is 0.222. The summed E-state index contributed by atoms with van der Waals surface area (Å²) < 4.78 is 5.65.